The Morgan fingerprint density at radius 2 is 1.86 bits per heavy atom. The summed E-state index contributed by atoms with van der Waals surface area (Å²) in [5.41, 5.74) is 4.84. The van der Waals surface area contributed by atoms with Crippen LogP contribution < -0.4 is 5.73 Å². The molecule has 0 saturated carbocycles. The number of benzene rings is 1. The van der Waals surface area contributed by atoms with Gasteiger partial charge in [0.15, 0.2) is 0 Å². The van der Waals surface area contributed by atoms with E-state index in [1.165, 1.54) is 6.92 Å². The standard InChI is InChI=1S/C10H12BrF2N/c1-10(14,9(12)13)6-7-2-4-8(11)5-3-7/h2-5,9H,6,14H2,1H3. The second-order valence-electron chi connectivity index (χ2n) is 3.61. The van der Waals surface area contributed by atoms with Gasteiger partial charge in [0.2, 0.25) is 0 Å². The molecule has 1 unspecified atom stereocenters. The lowest BCUT2D eigenvalue weighted by atomic mass is 9.94. The molecule has 1 aromatic rings. The van der Waals surface area contributed by atoms with Crippen LogP contribution in [0, 0.1) is 0 Å². The maximum absolute atomic E-state index is 12.4. The van der Waals surface area contributed by atoms with Crippen molar-refractivity contribution in [2.75, 3.05) is 0 Å². The van der Waals surface area contributed by atoms with Gasteiger partial charge in [-0.05, 0) is 31.0 Å². The summed E-state index contributed by atoms with van der Waals surface area (Å²) in [6.07, 6.45) is -2.33. The average Bonchev–Trinajstić information content (AvgIpc) is 2.08. The van der Waals surface area contributed by atoms with Gasteiger partial charge < -0.3 is 5.73 Å². The number of rotatable bonds is 3. The van der Waals surface area contributed by atoms with E-state index in [9.17, 15) is 8.78 Å². The van der Waals surface area contributed by atoms with Gasteiger partial charge in [-0.1, -0.05) is 28.1 Å². The van der Waals surface area contributed by atoms with Gasteiger partial charge in [-0.3, -0.25) is 0 Å². The smallest absolute Gasteiger partial charge is 0.256 e. The third kappa shape index (κ3) is 3.03. The Morgan fingerprint density at radius 3 is 2.29 bits per heavy atom. The first-order valence-electron chi connectivity index (χ1n) is 4.23. The van der Waals surface area contributed by atoms with Gasteiger partial charge >= 0.3 is 0 Å². The molecule has 0 aliphatic rings. The monoisotopic (exact) mass is 263 g/mol. The van der Waals surface area contributed by atoms with Gasteiger partial charge in [-0.15, -0.1) is 0 Å². The zero-order chi connectivity index (χ0) is 10.8. The van der Waals surface area contributed by atoms with Crippen molar-refractivity contribution < 1.29 is 8.78 Å². The summed E-state index contributed by atoms with van der Waals surface area (Å²) in [5.74, 6) is 0. The molecular weight excluding hydrogens is 252 g/mol. The van der Waals surface area contributed by atoms with Gasteiger partial charge in [0.1, 0.15) is 0 Å². The van der Waals surface area contributed by atoms with Crippen LogP contribution in [-0.2, 0) is 6.42 Å². The predicted molar refractivity (Wildman–Crippen MR) is 56.4 cm³/mol. The van der Waals surface area contributed by atoms with E-state index in [0.29, 0.717) is 0 Å². The van der Waals surface area contributed by atoms with Crippen LogP contribution in [0.2, 0.25) is 0 Å². The molecule has 78 valence electrons. The largest absolute Gasteiger partial charge is 0.320 e. The topological polar surface area (TPSA) is 26.0 Å². The Morgan fingerprint density at radius 1 is 1.36 bits per heavy atom. The first-order chi connectivity index (χ1) is 6.42. The highest BCUT2D eigenvalue weighted by atomic mass is 79.9. The Bertz CT molecular complexity index is 295. The van der Waals surface area contributed by atoms with E-state index in [1.54, 1.807) is 12.1 Å². The average molecular weight is 264 g/mol. The summed E-state index contributed by atoms with van der Waals surface area (Å²) in [6.45, 7) is 1.36. The van der Waals surface area contributed by atoms with Gasteiger partial charge in [0.05, 0.1) is 5.54 Å². The highest BCUT2D eigenvalue weighted by Crippen LogP contribution is 2.19. The van der Waals surface area contributed by atoms with Crippen LogP contribution >= 0.6 is 15.9 Å². The second-order valence-corrected chi connectivity index (χ2v) is 4.53. The van der Waals surface area contributed by atoms with Crippen molar-refractivity contribution in [3.05, 3.63) is 34.3 Å². The molecule has 0 amide bonds. The molecule has 0 saturated heterocycles. The van der Waals surface area contributed by atoms with Gasteiger partial charge in [-0.25, -0.2) is 8.78 Å². The van der Waals surface area contributed by atoms with Crippen LogP contribution in [0.5, 0.6) is 0 Å². The van der Waals surface area contributed by atoms with Crippen molar-refractivity contribution in [2.45, 2.75) is 25.3 Å². The Hall–Kier alpha value is -0.480. The van der Waals surface area contributed by atoms with Crippen LogP contribution in [0.15, 0.2) is 28.7 Å². The molecule has 0 heterocycles. The molecule has 1 atom stereocenters. The first kappa shape index (κ1) is 11.6. The van der Waals surface area contributed by atoms with Crippen molar-refractivity contribution in [3.63, 3.8) is 0 Å². The Labute approximate surface area is 90.4 Å². The van der Waals surface area contributed by atoms with Crippen molar-refractivity contribution in [3.8, 4) is 0 Å². The zero-order valence-corrected chi connectivity index (χ0v) is 9.39. The summed E-state index contributed by atoms with van der Waals surface area (Å²) < 4.78 is 25.8. The molecule has 0 radical (unpaired) electrons. The Balaban J connectivity index is 2.74. The minimum absolute atomic E-state index is 0.179. The third-order valence-electron chi connectivity index (χ3n) is 2.00. The lowest BCUT2D eigenvalue weighted by molar-refractivity contribution is 0.0639. The summed E-state index contributed by atoms with van der Waals surface area (Å²) in [7, 11) is 0. The Kier molecular flexibility index (Phi) is 3.61. The van der Waals surface area contributed by atoms with Crippen LogP contribution in [0.4, 0.5) is 8.78 Å². The molecule has 1 nitrogen and oxygen atoms in total. The molecule has 14 heavy (non-hydrogen) atoms. The minimum atomic E-state index is -2.51. The highest BCUT2D eigenvalue weighted by Gasteiger charge is 2.30. The van der Waals surface area contributed by atoms with Crippen LogP contribution in [0.3, 0.4) is 0 Å². The summed E-state index contributed by atoms with van der Waals surface area (Å²) in [6, 6.07) is 7.21. The maximum Gasteiger partial charge on any atom is 0.256 e. The van der Waals surface area contributed by atoms with E-state index in [0.717, 1.165) is 10.0 Å². The minimum Gasteiger partial charge on any atom is -0.320 e. The molecule has 0 aromatic heterocycles. The van der Waals surface area contributed by atoms with Crippen molar-refractivity contribution >= 4 is 15.9 Å². The zero-order valence-electron chi connectivity index (χ0n) is 7.81. The number of alkyl halides is 2. The molecule has 0 fully saturated rings. The van der Waals surface area contributed by atoms with Crippen LogP contribution in [0.25, 0.3) is 0 Å². The van der Waals surface area contributed by atoms with E-state index in [2.05, 4.69) is 15.9 Å². The number of hydrogen-bond acceptors (Lipinski definition) is 1. The number of nitrogens with two attached hydrogens (primary N) is 1. The second kappa shape index (κ2) is 4.36. The third-order valence-corrected chi connectivity index (χ3v) is 2.53. The SMILES string of the molecule is CC(N)(Cc1ccc(Br)cc1)C(F)F. The van der Waals surface area contributed by atoms with E-state index in [1.807, 2.05) is 12.1 Å². The fraction of sp³-hybridized carbons (Fsp3) is 0.400. The van der Waals surface area contributed by atoms with E-state index >= 15 is 0 Å². The van der Waals surface area contributed by atoms with Gasteiger partial charge in [-0.2, -0.15) is 0 Å². The number of hydrogen-bond donors (Lipinski definition) is 1. The summed E-state index contributed by atoms with van der Waals surface area (Å²) in [5, 5.41) is 0. The van der Waals surface area contributed by atoms with Crippen molar-refractivity contribution in [1.82, 2.24) is 0 Å². The van der Waals surface area contributed by atoms with Gasteiger partial charge in [0, 0.05) is 4.47 Å². The quantitative estimate of drug-likeness (QED) is 0.892. The highest BCUT2D eigenvalue weighted by molar-refractivity contribution is 9.10. The van der Waals surface area contributed by atoms with Crippen molar-refractivity contribution in [1.29, 1.82) is 0 Å². The molecule has 1 rings (SSSR count). The lowest BCUT2D eigenvalue weighted by Crippen LogP contribution is -2.45. The van der Waals surface area contributed by atoms with E-state index in [-0.39, 0.29) is 6.42 Å². The lowest BCUT2D eigenvalue weighted by Gasteiger charge is -2.23. The molecule has 0 aliphatic carbocycles. The number of halogens is 3. The predicted octanol–water partition coefficient (Wildman–Crippen LogP) is 2.97. The fourth-order valence-corrected chi connectivity index (χ4v) is 1.38. The molecule has 2 N–H and O–H groups in total. The van der Waals surface area contributed by atoms with E-state index < -0.39 is 12.0 Å². The van der Waals surface area contributed by atoms with Crippen molar-refractivity contribution in [2.24, 2.45) is 5.73 Å². The van der Waals surface area contributed by atoms with Crippen LogP contribution in [0.1, 0.15) is 12.5 Å². The molecule has 0 bridgehead atoms. The molecule has 1 aromatic carbocycles. The maximum atomic E-state index is 12.4. The molecular formula is C10H12BrF2N. The van der Waals surface area contributed by atoms with Crippen LogP contribution in [-0.4, -0.2) is 12.0 Å². The molecule has 0 spiro atoms. The first-order valence-corrected chi connectivity index (χ1v) is 5.02. The fourth-order valence-electron chi connectivity index (χ4n) is 1.12. The summed E-state index contributed by atoms with van der Waals surface area (Å²) in [4.78, 5) is 0. The van der Waals surface area contributed by atoms with Gasteiger partial charge in [0.25, 0.3) is 6.43 Å². The van der Waals surface area contributed by atoms with E-state index in [4.69, 9.17) is 5.73 Å². The summed E-state index contributed by atoms with van der Waals surface area (Å²) >= 11 is 3.27. The molecule has 4 heteroatoms. The molecule has 0 aliphatic heterocycles. The normalized spacial score (nSPS) is 15.6.